The summed E-state index contributed by atoms with van der Waals surface area (Å²) in [6.45, 7) is 0. The van der Waals surface area contributed by atoms with Crippen LogP contribution >= 0.6 is 15.9 Å². The van der Waals surface area contributed by atoms with Crippen LogP contribution in [0.5, 0.6) is 0 Å². The molecule has 0 bridgehead atoms. The van der Waals surface area contributed by atoms with Crippen molar-refractivity contribution in [2.24, 2.45) is 0 Å². The van der Waals surface area contributed by atoms with E-state index in [4.69, 9.17) is 20.4 Å². The molecule has 0 aliphatic carbocycles. The zero-order valence-electron chi connectivity index (χ0n) is 6.58. The van der Waals surface area contributed by atoms with E-state index >= 15 is 0 Å². The highest BCUT2D eigenvalue weighted by molar-refractivity contribution is 9.10. The van der Waals surface area contributed by atoms with Gasteiger partial charge in [0.05, 0.1) is 11.0 Å². The number of hydrogen-bond donors (Lipinski definition) is 0. The lowest BCUT2D eigenvalue weighted by atomic mass is 9.61. The average molecular weight is 233 g/mol. The second-order valence-corrected chi connectivity index (χ2v) is 3.79. The van der Waals surface area contributed by atoms with Crippen molar-refractivity contribution in [3.63, 3.8) is 0 Å². The number of halogens is 1. The first-order valence-electron chi connectivity index (χ1n) is 3.62. The molecule has 1 aromatic carbocycles. The van der Waals surface area contributed by atoms with E-state index in [0.29, 0.717) is 11.1 Å². The summed E-state index contributed by atoms with van der Waals surface area (Å²) in [7, 11) is 11.1. The Hall–Kier alpha value is -0.700. The second kappa shape index (κ2) is 2.64. The lowest BCUT2D eigenvalue weighted by Gasteiger charge is -2.18. The number of hydrogen-bond acceptors (Lipinski definition) is 2. The van der Waals surface area contributed by atoms with Gasteiger partial charge >= 0.3 is 5.97 Å². The number of esters is 1. The zero-order valence-corrected chi connectivity index (χ0v) is 8.17. The van der Waals surface area contributed by atoms with E-state index in [2.05, 4.69) is 15.9 Å². The third-order valence-electron chi connectivity index (χ3n) is 1.88. The van der Waals surface area contributed by atoms with E-state index < -0.39 is 11.4 Å². The van der Waals surface area contributed by atoms with Crippen LogP contribution in [-0.2, 0) is 10.1 Å². The number of carbonyl (C=O) groups excluding carboxylic acids is 1. The minimum atomic E-state index is -1.49. The van der Waals surface area contributed by atoms with Crippen LogP contribution in [0.1, 0.15) is 15.9 Å². The highest BCUT2D eigenvalue weighted by Gasteiger charge is 2.36. The third-order valence-corrected chi connectivity index (χ3v) is 2.38. The fourth-order valence-corrected chi connectivity index (χ4v) is 1.64. The van der Waals surface area contributed by atoms with E-state index in [-0.39, 0.29) is 0 Å². The van der Waals surface area contributed by atoms with Gasteiger partial charge in [-0.15, -0.1) is 0 Å². The van der Waals surface area contributed by atoms with Crippen molar-refractivity contribution >= 4 is 37.6 Å². The monoisotopic (exact) mass is 232 g/mol. The molecule has 13 heavy (non-hydrogen) atoms. The van der Waals surface area contributed by atoms with E-state index in [1.807, 2.05) is 0 Å². The Balaban J connectivity index is 2.66. The molecule has 0 N–H and O–H groups in total. The summed E-state index contributed by atoms with van der Waals surface area (Å²) in [5.41, 5.74) is 0.931. The maximum Gasteiger partial charge on any atom is 0.337 e. The number of cyclic esters (lactones) is 1. The zero-order chi connectivity index (χ0) is 9.64. The van der Waals surface area contributed by atoms with Gasteiger partial charge in [-0.1, -0.05) is 15.9 Å². The van der Waals surface area contributed by atoms with E-state index in [0.717, 1.165) is 4.47 Å². The normalized spacial score (nSPS) is 18.1. The predicted octanol–water partition coefficient (Wildman–Crippen LogP) is 1.07. The maximum absolute atomic E-state index is 11.2. The van der Waals surface area contributed by atoms with Crippen LogP contribution < -0.4 is 0 Å². The second-order valence-electron chi connectivity index (χ2n) is 2.87. The lowest BCUT2D eigenvalue weighted by Crippen LogP contribution is -2.26. The Morgan fingerprint density at radius 2 is 2.08 bits per heavy atom. The van der Waals surface area contributed by atoms with Crippen molar-refractivity contribution in [3.05, 3.63) is 33.8 Å². The Bertz CT molecular complexity index is 390. The number of benzene rings is 1. The maximum atomic E-state index is 11.2. The molecule has 1 aliphatic rings. The van der Waals surface area contributed by atoms with Crippen molar-refractivity contribution in [2.45, 2.75) is 5.40 Å². The van der Waals surface area contributed by atoms with Crippen molar-refractivity contribution in [1.29, 1.82) is 0 Å². The number of fused-ring (bicyclic) bond motifs is 1. The minimum Gasteiger partial charge on any atom is -0.471 e. The summed E-state index contributed by atoms with van der Waals surface area (Å²) in [5.74, 6) is -0.479. The molecule has 0 aromatic heterocycles. The topological polar surface area (TPSA) is 26.3 Å². The molecule has 2 nitrogen and oxygen atoms in total. The molecule has 1 heterocycles. The van der Waals surface area contributed by atoms with Crippen LogP contribution in [0.2, 0.25) is 0 Å². The molecule has 0 fully saturated rings. The van der Waals surface area contributed by atoms with E-state index in [1.165, 1.54) is 0 Å². The standard InChI is InChI=1S/C8H3B2BrO2/c9-8(10)6-3-4(11)1-2-5(6)7(12)13-8/h1-3H. The fourth-order valence-electron chi connectivity index (χ4n) is 1.28. The van der Waals surface area contributed by atoms with Gasteiger partial charge in [0.25, 0.3) is 0 Å². The van der Waals surface area contributed by atoms with Gasteiger partial charge in [0.1, 0.15) is 15.7 Å². The molecule has 0 unspecified atom stereocenters. The van der Waals surface area contributed by atoms with Crippen molar-refractivity contribution in [1.82, 2.24) is 0 Å². The Kier molecular flexibility index (Phi) is 1.80. The Morgan fingerprint density at radius 1 is 1.38 bits per heavy atom. The van der Waals surface area contributed by atoms with Crippen molar-refractivity contribution < 1.29 is 9.53 Å². The van der Waals surface area contributed by atoms with Crippen LogP contribution in [-0.4, -0.2) is 21.7 Å². The highest BCUT2D eigenvalue weighted by atomic mass is 79.9. The highest BCUT2D eigenvalue weighted by Crippen LogP contribution is 2.33. The summed E-state index contributed by atoms with van der Waals surface area (Å²) >= 11 is 3.26. The molecule has 2 rings (SSSR count). The van der Waals surface area contributed by atoms with Gasteiger partial charge in [-0.3, -0.25) is 0 Å². The molecule has 1 aromatic rings. The summed E-state index contributed by atoms with van der Waals surface area (Å²) in [4.78, 5) is 11.2. The van der Waals surface area contributed by atoms with Gasteiger partial charge in [0.2, 0.25) is 0 Å². The molecule has 0 atom stereocenters. The Labute approximate surface area is 86.6 Å². The van der Waals surface area contributed by atoms with E-state index in [1.54, 1.807) is 18.2 Å². The summed E-state index contributed by atoms with van der Waals surface area (Å²) in [5, 5.41) is -1.49. The predicted molar refractivity (Wildman–Crippen MR) is 52.7 cm³/mol. The molecular weight excluding hydrogens is 230 g/mol. The first kappa shape index (κ1) is 8.88. The fraction of sp³-hybridized carbons (Fsp3) is 0.125. The molecule has 1 aliphatic heterocycles. The van der Waals surface area contributed by atoms with Gasteiger partial charge in [-0.25, -0.2) is 4.79 Å². The SMILES string of the molecule is [B]C1([B])OC(=O)c2ccc(Br)cc21. The van der Waals surface area contributed by atoms with Crippen LogP contribution in [0.3, 0.4) is 0 Å². The van der Waals surface area contributed by atoms with Crippen LogP contribution in [0.4, 0.5) is 0 Å². The van der Waals surface area contributed by atoms with Crippen LogP contribution in [0, 0.1) is 0 Å². The molecule has 0 amide bonds. The summed E-state index contributed by atoms with van der Waals surface area (Å²) in [6.07, 6.45) is 0. The summed E-state index contributed by atoms with van der Waals surface area (Å²) in [6, 6.07) is 5.05. The third kappa shape index (κ3) is 1.31. The van der Waals surface area contributed by atoms with Gasteiger partial charge < -0.3 is 4.74 Å². The quantitative estimate of drug-likeness (QED) is 0.494. The molecule has 4 radical (unpaired) electrons. The molecule has 5 heteroatoms. The van der Waals surface area contributed by atoms with E-state index in [9.17, 15) is 4.79 Å². The first-order chi connectivity index (χ1) is 6.00. The van der Waals surface area contributed by atoms with Crippen molar-refractivity contribution in [3.8, 4) is 0 Å². The van der Waals surface area contributed by atoms with Crippen molar-refractivity contribution in [2.75, 3.05) is 0 Å². The van der Waals surface area contributed by atoms with Gasteiger partial charge in [0, 0.05) is 4.47 Å². The molecular formula is C8H3B2BrO2. The first-order valence-corrected chi connectivity index (χ1v) is 4.41. The lowest BCUT2D eigenvalue weighted by molar-refractivity contribution is 0.0445. The van der Waals surface area contributed by atoms with Crippen LogP contribution in [0.15, 0.2) is 22.7 Å². The Morgan fingerprint density at radius 3 is 2.77 bits per heavy atom. The average Bonchev–Trinajstić information content (AvgIpc) is 2.23. The smallest absolute Gasteiger partial charge is 0.337 e. The van der Waals surface area contributed by atoms with Gasteiger partial charge in [-0.2, -0.15) is 0 Å². The molecule has 0 saturated heterocycles. The molecule has 0 spiro atoms. The summed E-state index contributed by atoms with van der Waals surface area (Å²) < 4.78 is 5.58. The number of rotatable bonds is 0. The largest absolute Gasteiger partial charge is 0.471 e. The minimum absolute atomic E-state index is 0.424. The number of ether oxygens (including phenoxy) is 1. The molecule has 0 saturated carbocycles. The van der Waals surface area contributed by atoms with Gasteiger partial charge in [-0.05, 0) is 23.8 Å². The van der Waals surface area contributed by atoms with Gasteiger partial charge in [0.15, 0.2) is 0 Å². The van der Waals surface area contributed by atoms with Crippen LogP contribution in [0.25, 0.3) is 0 Å². The number of carbonyl (C=O) groups is 1. The molecule has 60 valence electrons.